The van der Waals surface area contributed by atoms with Gasteiger partial charge in [0.15, 0.2) is 11.6 Å². The third kappa shape index (κ3) is 4.36. The molecule has 9 heteroatoms. The smallest absolute Gasteiger partial charge is 0.243 e. The minimum absolute atomic E-state index is 0.335. The van der Waals surface area contributed by atoms with E-state index in [0.29, 0.717) is 36.9 Å². The van der Waals surface area contributed by atoms with Crippen molar-refractivity contribution < 1.29 is 8.42 Å². The van der Waals surface area contributed by atoms with Crippen LogP contribution in [0.15, 0.2) is 65.8 Å². The molecule has 8 nitrogen and oxygen atoms in total. The van der Waals surface area contributed by atoms with E-state index in [-0.39, 0.29) is 0 Å². The fourth-order valence-corrected chi connectivity index (χ4v) is 4.58. The van der Waals surface area contributed by atoms with E-state index in [1.165, 1.54) is 4.31 Å². The van der Waals surface area contributed by atoms with Gasteiger partial charge in [-0.2, -0.15) is 4.31 Å². The van der Waals surface area contributed by atoms with Crippen LogP contribution in [-0.2, 0) is 10.0 Å². The van der Waals surface area contributed by atoms with Crippen LogP contribution in [0.2, 0.25) is 0 Å². The SMILES string of the molecule is Cc1ccc(S(=O)(=O)N2CCN(c3ccc(Nc4cccnc4)nn3)CC2)cc1. The van der Waals surface area contributed by atoms with E-state index in [1.54, 1.807) is 24.5 Å². The molecule has 1 aliphatic rings. The van der Waals surface area contributed by atoms with Crippen molar-refractivity contribution in [2.45, 2.75) is 11.8 Å². The van der Waals surface area contributed by atoms with Crippen LogP contribution in [0.3, 0.4) is 0 Å². The first-order valence-electron chi connectivity index (χ1n) is 9.35. The summed E-state index contributed by atoms with van der Waals surface area (Å²) in [6.07, 6.45) is 3.42. The molecular formula is C20H22N6O2S. The Balaban J connectivity index is 1.38. The molecule has 0 saturated carbocycles. The molecule has 0 radical (unpaired) electrons. The van der Waals surface area contributed by atoms with Gasteiger partial charge in [0.1, 0.15) is 0 Å². The van der Waals surface area contributed by atoms with E-state index < -0.39 is 10.0 Å². The number of hydrogen-bond donors (Lipinski definition) is 1. The first-order valence-corrected chi connectivity index (χ1v) is 10.8. The second-order valence-corrected chi connectivity index (χ2v) is 8.79. The Morgan fingerprint density at radius 2 is 1.69 bits per heavy atom. The maximum atomic E-state index is 12.8. The van der Waals surface area contributed by atoms with Crippen molar-refractivity contribution in [2.75, 3.05) is 36.4 Å². The van der Waals surface area contributed by atoms with E-state index >= 15 is 0 Å². The molecule has 1 aliphatic heterocycles. The normalized spacial score (nSPS) is 15.3. The van der Waals surface area contributed by atoms with Gasteiger partial charge in [0.2, 0.25) is 10.0 Å². The number of pyridine rings is 1. The van der Waals surface area contributed by atoms with Crippen molar-refractivity contribution in [3.8, 4) is 0 Å². The fourth-order valence-electron chi connectivity index (χ4n) is 3.16. The number of rotatable bonds is 5. The van der Waals surface area contributed by atoms with Crippen molar-refractivity contribution >= 4 is 27.3 Å². The lowest BCUT2D eigenvalue weighted by Gasteiger charge is -2.34. The average Bonchev–Trinajstić information content (AvgIpc) is 2.75. The molecule has 2 aromatic heterocycles. The standard InChI is InChI=1S/C20H22N6O2S/c1-16-4-6-18(7-5-16)29(27,28)26-13-11-25(12-14-26)20-9-8-19(23-24-20)22-17-3-2-10-21-15-17/h2-10,15H,11-14H2,1H3,(H,22,23). The van der Waals surface area contributed by atoms with E-state index in [9.17, 15) is 8.42 Å². The zero-order valence-electron chi connectivity index (χ0n) is 16.1. The van der Waals surface area contributed by atoms with Gasteiger partial charge < -0.3 is 10.2 Å². The number of aromatic nitrogens is 3. The van der Waals surface area contributed by atoms with Gasteiger partial charge in [-0.1, -0.05) is 17.7 Å². The van der Waals surface area contributed by atoms with Crippen LogP contribution < -0.4 is 10.2 Å². The van der Waals surface area contributed by atoms with Crippen LogP contribution in [0.25, 0.3) is 0 Å². The monoisotopic (exact) mass is 410 g/mol. The molecule has 0 spiro atoms. The van der Waals surface area contributed by atoms with Crippen molar-refractivity contribution in [2.24, 2.45) is 0 Å². The highest BCUT2D eigenvalue weighted by Gasteiger charge is 2.28. The predicted octanol–water partition coefficient (Wildman–Crippen LogP) is 2.43. The number of nitrogens with one attached hydrogen (secondary N) is 1. The summed E-state index contributed by atoms with van der Waals surface area (Å²) < 4.78 is 27.2. The van der Waals surface area contributed by atoms with Gasteiger partial charge in [0.25, 0.3) is 0 Å². The first-order chi connectivity index (χ1) is 14.0. The van der Waals surface area contributed by atoms with Crippen LogP contribution in [-0.4, -0.2) is 54.1 Å². The Kier molecular flexibility index (Phi) is 5.41. The maximum Gasteiger partial charge on any atom is 0.243 e. The van der Waals surface area contributed by atoms with Crippen molar-refractivity contribution in [3.63, 3.8) is 0 Å². The second kappa shape index (κ2) is 8.14. The summed E-state index contributed by atoms with van der Waals surface area (Å²) >= 11 is 0. The number of benzene rings is 1. The molecule has 0 unspecified atom stereocenters. The number of nitrogens with zero attached hydrogens (tertiary/aromatic N) is 5. The van der Waals surface area contributed by atoms with Crippen molar-refractivity contribution in [1.82, 2.24) is 19.5 Å². The molecule has 1 saturated heterocycles. The lowest BCUT2D eigenvalue weighted by atomic mass is 10.2. The largest absolute Gasteiger partial charge is 0.352 e. The van der Waals surface area contributed by atoms with Crippen molar-refractivity contribution in [3.05, 3.63) is 66.5 Å². The Morgan fingerprint density at radius 1 is 0.931 bits per heavy atom. The molecule has 0 aliphatic carbocycles. The molecule has 0 atom stereocenters. The third-order valence-corrected chi connectivity index (χ3v) is 6.72. The highest BCUT2D eigenvalue weighted by molar-refractivity contribution is 7.89. The molecule has 3 aromatic rings. The summed E-state index contributed by atoms with van der Waals surface area (Å²) in [5.41, 5.74) is 1.87. The molecule has 0 amide bonds. The Morgan fingerprint density at radius 3 is 2.31 bits per heavy atom. The Hall–Kier alpha value is -3.04. The zero-order chi connectivity index (χ0) is 20.3. The molecular weight excluding hydrogens is 388 g/mol. The maximum absolute atomic E-state index is 12.8. The van der Waals surface area contributed by atoms with Crippen LogP contribution >= 0.6 is 0 Å². The molecule has 1 aromatic carbocycles. The summed E-state index contributed by atoms with van der Waals surface area (Å²) in [7, 11) is -3.47. The van der Waals surface area contributed by atoms with Crippen LogP contribution in [0.5, 0.6) is 0 Å². The van der Waals surface area contributed by atoms with Gasteiger partial charge in [0, 0.05) is 32.4 Å². The number of piperazine rings is 1. The molecule has 29 heavy (non-hydrogen) atoms. The minimum Gasteiger partial charge on any atom is -0.352 e. The van der Waals surface area contributed by atoms with Gasteiger partial charge in [-0.15, -0.1) is 10.2 Å². The molecule has 150 valence electrons. The molecule has 1 fully saturated rings. The molecule has 1 N–H and O–H groups in total. The zero-order valence-corrected chi connectivity index (χ0v) is 16.9. The fraction of sp³-hybridized carbons (Fsp3) is 0.250. The summed E-state index contributed by atoms with van der Waals surface area (Å²) in [5, 5.41) is 11.6. The summed E-state index contributed by atoms with van der Waals surface area (Å²) in [4.78, 5) is 6.43. The molecule has 3 heterocycles. The number of anilines is 3. The van der Waals surface area contributed by atoms with E-state index in [0.717, 1.165) is 17.1 Å². The lowest BCUT2D eigenvalue weighted by molar-refractivity contribution is 0.383. The van der Waals surface area contributed by atoms with Crippen LogP contribution in [0.1, 0.15) is 5.56 Å². The quantitative estimate of drug-likeness (QED) is 0.691. The molecule has 0 bridgehead atoms. The summed E-state index contributed by atoms with van der Waals surface area (Å²) in [5.74, 6) is 1.36. The van der Waals surface area contributed by atoms with E-state index in [4.69, 9.17) is 0 Å². The molecule has 4 rings (SSSR count). The third-order valence-electron chi connectivity index (χ3n) is 4.81. The lowest BCUT2D eigenvalue weighted by Crippen LogP contribution is -2.49. The number of aryl methyl sites for hydroxylation is 1. The minimum atomic E-state index is -3.47. The van der Waals surface area contributed by atoms with E-state index in [2.05, 4.69) is 20.5 Å². The topological polar surface area (TPSA) is 91.3 Å². The van der Waals surface area contributed by atoms with Gasteiger partial charge in [-0.05, 0) is 43.3 Å². The van der Waals surface area contributed by atoms with Crippen LogP contribution in [0.4, 0.5) is 17.3 Å². The Labute approximate surface area is 170 Å². The van der Waals surface area contributed by atoms with Gasteiger partial charge >= 0.3 is 0 Å². The predicted molar refractivity (Wildman–Crippen MR) is 112 cm³/mol. The Bertz CT molecular complexity index is 1050. The number of hydrogen-bond acceptors (Lipinski definition) is 7. The second-order valence-electron chi connectivity index (χ2n) is 6.85. The van der Waals surface area contributed by atoms with Gasteiger partial charge in [-0.25, -0.2) is 8.42 Å². The summed E-state index contributed by atoms with van der Waals surface area (Å²) in [6.45, 7) is 3.89. The van der Waals surface area contributed by atoms with Gasteiger partial charge in [-0.3, -0.25) is 4.98 Å². The highest BCUT2D eigenvalue weighted by atomic mass is 32.2. The van der Waals surface area contributed by atoms with Gasteiger partial charge in [0.05, 0.1) is 16.8 Å². The van der Waals surface area contributed by atoms with Crippen molar-refractivity contribution in [1.29, 1.82) is 0 Å². The number of sulfonamides is 1. The first kappa shape index (κ1) is 19.3. The van der Waals surface area contributed by atoms with Crippen LogP contribution in [0, 0.1) is 6.92 Å². The highest BCUT2D eigenvalue weighted by Crippen LogP contribution is 2.21. The average molecular weight is 411 g/mol. The summed E-state index contributed by atoms with van der Waals surface area (Å²) in [6, 6.07) is 14.4. The van der Waals surface area contributed by atoms with E-state index in [1.807, 2.05) is 48.2 Å².